The maximum absolute atomic E-state index is 14.2. The number of H-pyrrole nitrogens is 2. The van der Waals surface area contributed by atoms with E-state index in [0.29, 0.717) is 5.56 Å². The van der Waals surface area contributed by atoms with Crippen molar-refractivity contribution in [3.05, 3.63) is 69.1 Å². The third kappa shape index (κ3) is 10.9. The van der Waals surface area contributed by atoms with Crippen LogP contribution in [0.2, 0.25) is 0 Å². The van der Waals surface area contributed by atoms with Crippen molar-refractivity contribution in [1.29, 1.82) is 0 Å². The number of benzene rings is 1. The second-order valence-corrected chi connectivity index (χ2v) is 15.0. The zero-order chi connectivity index (χ0) is 41.4. The monoisotopic (exact) mass is 795 g/mol. The van der Waals surface area contributed by atoms with E-state index in [9.17, 15) is 43.8 Å². The molecule has 0 spiro atoms. The van der Waals surface area contributed by atoms with Gasteiger partial charge in [-0.3, -0.25) is 28.7 Å². The maximum atomic E-state index is 14.2. The molecule has 2 fully saturated rings. The summed E-state index contributed by atoms with van der Waals surface area (Å²) in [5.74, 6) is -3.15. The first kappa shape index (κ1) is 42.6. The van der Waals surface area contributed by atoms with Gasteiger partial charge in [0.1, 0.15) is 24.2 Å². The number of carbonyl (C=O) groups excluding carboxylic acids is 4. The van der Waals surface area contributed by atoms with Gasteiger partial charge in [0.15, 0.2) is 6.23 Å². The third-order valence-electron chi connectivity index (χ3n) is 10.8. The van der Waals surface area contributed by atoms with Crippen molar-refractivity contribution in [3.8, 4) is 0 Å². The van der Waals surface area contributed by atoms with Crippen LogP contribution in [0, 0.1) is 5.92 Å². The lowest BCUT2D eigenvalue weighted by Crippen LogP contribution is -2.62. The Kier molecular flexibility index (Phi) is 14.3. The number of nitrogens with zero attached hydrogens (tertiary/aromatic N) is 2. The number of aliphatic carboxylic acids is 1. The van der Waals surface area contributed by atoms with Gasteiger partial charge < -0.3 is 51.8 Å². The first-order valence-corrected chi connectivity index (χ1v) is 19.2. The van der Waals surface area contributed by atoms with Crippen LogP contribution >= 0.6 is 0 Å². The molecule has 310 valence electrons. The number of aromatic nitrogens is 3. The lowest BCUT2D eigenvalue weighted by Gasteiger charge is -2.34. The standard InChI is InChI=1S/C38H53N9O10/c1-20(39)34(52)46(3)21(2)31(33(51)41-19-24-17-29(48)35(57-24)47-14-13-30(49)44-38(47)56)45-32(50)27(15-22-9-5-4-6-10-22)42-37(55)43-28(36(53)54)16-23-18-40-26-12-8-7-11-25(23)26/h7-8,11-14,18,20-22,24,27-29,31,35,40,48H,4-6,9-10,15-17,19,39H2,1-3H3,(H,41,51)(H,45,50)(H,53,54)(H2,42,43,55)(H,44,49,56)/t20-,21-,24+,27-,28-,29+,31?,35+/m0/s1. The fraction of sp³-hybridized carbons (Fsp3) is 0.553. The number of amides is 5. The minimum absolute atomic E-state index is 0.0201. The molecule has 0 bridgehead atoms. The molecule has 1 aliphatic carbocycles. The number of aromatic amines is 2. The normalized spacial score (nSPS) is 21.1. The van der Waals surface area contributed by atoms with Crippen molar-refractivity contribution in [2.24, 2.45) is 11.7 Å². The van der Waals surface area contributed by atoms with Crippen LogP contribution in [0.25, 0.3) is 10.9 Å². The van der Waals surface area contributed by atoms with E-state index in [1.807, 2.05) is 24.3 Å². The second kappa shape index (κ2) is 19.1. The van der Waals surface area contributed by atoms with Gasteiger partial charge in [-0.2, -0.15) is 0 Å². The van der Waals surface area contributed by atoms with E-state index >= 15 is 0 Å². The molecule has 0 radical (unpaired) electrons. The van der Waals surface area contributed by atoms with E-state index in [4.69, 9.17) is 10.5 Å². The topological polar surface area (TPSA) is 283 Å². The summed E-state index contributed by atoms with van der Waals surface area (Å²) in [7, 11) is 1.44. The summed E-state index contributed by atoms with van der Waals surface area (Å²) in [6.45, 7) is 2.88. The van der Waals surface area contributed by atoms with Gasteiger partial charge in [-0.05, 0) is 37.8 Å². The Morgan fingerprint density at radius 1 is 1.00 bits per heavy atom. The predicted molar refractivity (Wildman–Crippen MR) is 207 cm³/mol. The van der Waals surface area contributed by atoms with Crippen molar-refractivity contribution in [2.45, 2.75) is 114 Å². The number of fused-ring (bicyclic) bond motifs is 1. The number of ether oxygens (including phenoxy) is 1. The summed E-state index contributed by atoms with van der Waals surface area (Å²) in [4.78, 5) is 97.1. The van der Waals surface area contributed by atoms with Gasteiger partial charge in [0, 0.05) is 55.8 Å². The molecule has 1 unspecified atom stereocenters. The predicted octanol–water partition coefficient (Wildman–Crippen LogP) is -0.204. The maximum Gasteiger partial charge on any atom is 0.330 e. The summed E-state index contributed by atoms with van der Waals surface area (Å²) in [5, 5.41) is 32.1. The number of aliphatic hydroxyl groups excluding tert-OH is 1. The Labute approximate surface area is 328 Å². The van der Waals surface area contributed by atoms with Crippen molar-refractivity contribution in [3.63, 3.8) is 0 Å². The number of urea groups is 1. The third-order valence-corrected chi connectivity index (χ3v) is 10.8. The number of rotatable bonds is 16. The quantitative estimate of drug-likeness (QED) is 0.0915. The highest BCUT2D eigenvalue weighted by Crippen LogP contribution is 2.29. The highest BCUT2D eigenvalue weighted by atomic mass is 16.5. The number of carboxylic acids is 1. The molecule has 1 aromatic carbocycles. The van der Waals surface area contributed by atoms with Crippen LogP contribution in [0.1, 0.15) is 70.6 Å². The summed E-state index contributed by atoms with van der Waals surface area (Å²) in [6, 6.07) is 1.82. The van der Waals surface area contributed by atoms with Gasteiger partial charge in [-0.15, -0.1) is 0 Å². The lowest BCUT2D eigenvalue weighted by molar-refractivity contribution is -0.139. The molecule has 5 amide bonds. The highest BCUT2D eigenvalue weighted by Gasteiger charge is 2.39. The Morgan fingerprint density at radius 3 is 2.39 bits per heavy atom. The van der Waals surface area contributed by atoms with Crippen LogP contribution in [-0.2, 0) is 30.3 Å². The van der Waals surface area contributed by atoms with E-state index < -0.39 is 89.6 Å². The summed E-state index contributed by atoms with van der Waals surface area (Å²) in [5.41, 5.74) is 5.95. The average molecular weight is 796 g/mol. The molecule has 8 atom stereocenters. The van der Waals surface area contributed by atoms with Crippen LogP contribution in [0.3, 0.4) is 0 Å². The van der Waals surface area contributed by atoms with Crippen LogP contribution < -0.4 is 38.2 Å². The van der Waals surface area contributed by atoms with Crippen LogP contribution in [0.5, 0.6) is 0 Å². The molecule has 3 heterocycles. The molecular formula is C38H53N9O10. The molecule has 2 aliphatic rings. The van der Waals surface area contributed by atoms with Crippen molar-refractivity contribution < 1.29 is 38.9 Å². The van der Waals surface area contributed by atoms with Crippen LogP contribution in [0.15, 0.2) is 52.3 Å². The Bertz CT molecular complexity index is 2020. The Balaban J connectivity index is 1.31. The largest absolute Gasteiger partial charge is 0.480 e. The number of carboxylic acid groups (broad SMARTS) is 1. The Hall–Kier alpha value is -5.53. The van der Waals surface area contributed by atoms with E-state index in [2.05, 4.69) is 31.2 Å². The molecule has 2 aromatic heterocycles. The molecule has 57 heavy (non-hydrogen) atoms. The molecule has 19 heteroatoms. The average Bonchev–Trinajstić information content (AvgIpc) is 3.77. The van der Waals surface area contributed by atoms with Gasteiger partial charge >= 0.3 is 17.7 Å². The molecule has 10 N–H and O–H groups in total. The minimum Gasteiger partial charge on any atom is -0.480 e. The van der Waals surface area contributed by atoms with Crippen molar-refractivity contribution in [2.75, 3.05) is 13.6 Å². The molecule has 19 nitrogen and oxygen atoms in total. The molecule has 1 saturated heterocycles. The van der Waals surface area contributed by atoms with E-state index in [-0.39, 0.29) is 31.7 Å². The number of nitrogens with one attached hydrogen (secondary N) is 6. The number of nitrogens with two attached hydrogens (primary N) is 1. The summed E-state index contributed by atoms with van der Waals surface area (Å²) < 4.78 is 6.88. The molecule has 3 aromatic rings. The van der Waals surface area contributed by atoms with Crippen molar-refractivity contribution in [1.82, 2.24) is 40.7 Å². The fourth-order valence-corrected chi connectivity index (χ4v) is 7.53. The summed E-state index contributed by atoms with van der Waals surface area (Å²) in [6.07, 6.45) is 4.58. The van der Waals surface area contributed by atoms with Gasteiger partial charge in [0.05, 0.1) is 18.2 Å². The van der Waals surface area contributed by atoms with Crippen LogP contribution in [-0.4, -0.2) is 115 Å². The number of aliphatic hydroxyl groups is 1. The fourth-order valence-electron chi connectivity index (χ4n) is 7.53. The number of hydrogen-bond donors (Lipinski definition) is 9. The number of carbonyl (C=O) groups is 5. The highest BCUT2D eigenvalue weighted by molar-refractivity contribution is 5.93. The first-order chi connectivity index (χ1) is 27.1. The summed E-state index contributed by atoms with van der Waals surface area (Å²) >= 11 is 0. The molecule has 1 aliphatic heterocycles. The van der Waals surface area contributed by atoms with E-state index in [1.165, 1.54) is 25.1 Å². The number of hydrogen-bond acceptors (Lipinski definition) is 10. The van der Waals surface area contributed by atoms with E-state index in [0.717, 1.165) is 53.6 Å². The zero-order valence-corrected chi connectivity index (χ0v) is 32.2. The van der Waals surface area contributed by atoms with Crippen LogP contribution in [0.4, 0.5) is 4.79 Å². The van der Waals surface area contributed by atoms with Gasteiger partial charge in [0.25, 0.3) is 5.56 Å². The zero-order valence-electron chi connectivity index (χ0n) is 32.2. The lowest BCUT2D eigenvalue weighted by atomic mass is 9.84. The first-order valence-electron chi connectivity index (χ1n) is 19.2. The molecular weight excluding hydrogens is 742 g/mol. The number of likely N-dealkylation sites (N-methyl/N-ethyl adjacent to an activating group) is 1. The van der Waals surface area contributed by atoms with Gasteiger partial charge in [-0.25, -0.2) is 14.4 Å². The molecule has 5 rings (SSSR count). The van der Waals surface area contributed by atoms with Gasteiger partial charge in [-0.1, -0.05) is 50.3 Å². The number of para-hydroxylation sites is 1. The Morgan fingerprint density at radius 2 is 1.70 bits per heavy atom. The minimum atomic E-state index is -1.37. The van der Waals surface area contributed by atoms with E-state index in [1.54, 1.807) is 13.1 Å². The van der Waals surface area contributed by atoms with Gasteiger partial charge in [0.2, 0.25) is 17.7 Å². The smallest absolute Gasteiger partial charge is 0.330 e. The second-order valence-electron chi connectivity index (χ2n) is 15.0. The SMILES string of the molecule is C[C@H](N)C(=O)N(C)[C@@H](C)C(NC(=O)[C@H](CC1CCCCC1)NC(=O)N[C@@H](Cc1c[nH]c2ccccc12)C(=O)O)C(=O)NC[C@H]1C[C@@H](O)[C@H](n2ccc(=O)[nH]c2=O)O1. The van der Waals surface area contributed by atoms with Crippen molar-refractivity contribution >= 4 is 40.6 Å². The molecule has 1 saturated carbocycles.